The molecule has 1 heterocycles. The first kappa shape index (κ1) is 22.5. The van der Waals surface area contributed by atoms with Gasteiger partial charge in [0.15, 0.2) is 0 Å². The summed E-state index contributed by atoms with van der Waals surface area (Å²) >= 11 is 0. The molecule has 0 aliphatic heterocycles. The van der Waals surface area contributed by atoms with Gasteiger partial charge < -0.3 is 15.6 Å². The number of rotatable bonds is 7. The molecule has 6 nitrogen and oxygen atoms in total. The Morgan fingerprint density at radius 3 is 2.33 bits per heavy atom. The Kier molecular flexibility index (Phi) is 6.43. The normalized spacial score (nSPS) is 12.5. The monoisotopic (exact) mass is 454 g/mol. The summed E-state index contributed by atoms with van der Waals surface area (Å²) < 4.78 is 47.9. The molecule has 0 saturated heterocycles. The number of alkyl halides is 3. The van der Waals surface area contributed by atoms with E-state index in [1.165, 1.54) is 23.0 Å². The van der Waals surface area contributed by atoms with Crippen LogP contribution < -0.4 is 10.5 Å². The van der Waals surface area contributed by atoms with E-state index in [-0.39, 0.29) is 30.3 Å². The van der Waals surface area contributed by atoms with E-state index < -0.39 is 17.8 Å². The standard InChI is InChI=1S/C24H21F3N4O2/c25-24(26,27)20-12-19(31-13-22(29-30-31)21(28)14-32)10-11-23(20)33-15-16-6-8-18(9-7-16)17-4-2-1-3-5-17/h1-13,21,32H,14-15,28H2. The van der Waals surface area contributed by atoms with Crippen molar-refractivity contribution >= 4 is 0 Å². The first-order valence-electron chi connectivity index (χ1n) is 10.1. The van der Waals surface area contributed by atoms with Gasteiger partial charge in [-0.3, -0.25) is 0 Å². The summed E-state index contributed by atoms with van der Waals surface area (Å²) in [4.78, 5) is 0. The minimum Gasteiger partial charge on any atom is -0.488 e. The second-order valence-corrected chi connectivity index (χ2v) is 7.41. The third-order valence-electron chi connectivity index (χ3n) is 5.08. The summed E-state index contributed by atoms with van der Waals surface area (Å²) in [6.45, 7) is -0.373. The molecule has 4 aromatic rings. The first-order valence-corrected chi connectivity index (χ1v) is 10.1. The van der Waals surface area contributed by atoms with Gasteiger partial charge in [0.2, 0.25) is 0 Å². The zero-order chi connectivity index (χ0) is 23.4. The van der Waals surface area contributed by atoms with E-state index in [1.54, 1.807) is 0 Å². The highest BCUT2D eigenvalue weighted by Gasteiger charge is 2.35. The molecule has 3 N–H and O–H groups in total. The van der Waals surface area contributed by atoms with Crippen molar-refractivity contribution in [2.75, 3.05) is 6.61 Å². The molecule has 1 aromatic heterocycles. The predicted octanol–water partition coefficient (Wildman–Crippen LogP) is 4.52. The Hall–Kier alpha value is -3.69. The molecule has 0 radical (unpaired) electrons. The summed E-state index contributed by atoms with van der Waals surface area (Å²) in [6.07, 6.45) is -3.25. The number of ether oxygens (including phenoxy) is 1. The van der Waals surface area contributed by atoms with Crippen LogP contribution in [0.15, 0.2) is 79.0 Å². The SMILES string of the molecule is NC(CO)c1cn(-c2ccc(OCc3ccc(-c4ccccc4)cc3)c(C(F)(F)F)c2)nn1. The summed E-state index contributed by atoms with van der Waals surface area (Å²) in [5, 5.41) is 16.7. The van der Waals surface area contributed by atoms with Crippen LogP contribution in [0.3, 0.4) is 0 Å². The molecule has 1 unspecified atom stereocenters. The van der Waals surface area contributed by atoms with E-state index in [2.05, 4.69) is 10.3 Å². The predicted molar refractivity (Wildman–Crippen MR) is 117 cm³/mol. The molecular weight excluding hydrogens is 433 g/mol. The molecular formula is C24H21F3N4O2. The molecule has 170 valence electrons. The van der Waals surface area contributed by atoms with Gasteiger partial charge in [-0.25, -0.2) is 4.68 Å². The lowest BCUT2D eigenvalue weighted by Crippen LogP contribution is -2.14. The van der Waals surface area contributed by atoms with Crippen molar-refractivity contribution in [3.63, 3.8) is 0 Å². The first-order chi connectivity index (χ1) is 15.8. The van der Waals surface area contributed by atoms with Gasteiger partial charge >= 0.3 is 6.18 Å². The minimum atomic E-state index is -4.63. The maximum atomic E-state index is 13.7. The Morgan fingerprint density at radius 1 is 0.970 bits per heavy atom. The van der Waals surface area contributed by atoms with Crippen molar-refractivity contribution in [2.24, 2.45) is 5.73 Å². The van der Waals surface area contributed by atoms with Crippen molar-refractivity contribution in [2.45, 2.75) is 18.8 Å². The molecule has 0 amide bonds. The van der Waals surface area contributed by atoms with Crippen LogP contribution in [0.5, 0.6) is 5.75 Å². The average molecular weight is 454 g/mol. The van der Waals surface area contributed by atoms with Crippen molar-refractivity contribution < 1.29 is 23.0 Å². The van der Waals surface area contributed by atoms with Crippen molar-refractivity contribution in [3.05, 3.63) is 95.8 Å². The average Bonchev–Trinajstić information content (AvgIpc) is 3.33. The van der Waals surface area contributed by atoms with E-state index >= 15 is 0 Å². The van der Waals surface area contributed by atoms with Crippen LogP contribution in [-0.2, 0) is 12.8 Å². The molecule has 0 bridgehead atoms. The van der Waals surface area contributed by atoms with Crippen LogP contribution in [0.1, 0.15) is 22.9 Å². The fourth-order valence-electron chi connectivity index (χ4n) is 3.26. The molecule has 3 aromatic carbocycles. The molecule has 0 spiro atoms. The largest absolute Gasteiger partial charge is 0.488 e. The van der Waals surface area contributed by atoms with Gasteiger partial charge in [-0.1, -0.05) is 59.8 Å². The number of aliphatic hydroxyl groups is 1. The highest BCUT2D eigenvalue weighted by molar-refractivity contribution is 5.63. The molecule has 0 aliphatic rings. The fourth-order valence-corrected chi connectivity index (χ4v) is 3.26. The zero-order valence-corrected chi connectivity index (χ0v) is 17.4. The lowest BCUT2D eigenvalue weighted by molar-refractivity contribution is -0.139. The van der Waals surface area contributed by atoms with Crippen LogP contribution in [0.4, 0.5) is 13.2 Å². The summed E-state index contributed by atoms with van der Waals surface area (Å²) in [6, 6.07) is 20.1. The fraction of sp³-hybridized carbons (Fsp3) is 0.167. The minimum absolute atomic E-state index is 0.0175. The van der Waals surface area contributed by atoms with Crippen molar-refractivity contribution in [1.29, 1.82) is 0 Å². The molecule has 9 heteroatoms. The number of aliphatic hydroxyl groups excluding tert-OH is 1. The van der Waals surface area contributed by atoms with E-state index in [1.807, 2.05) is 54.6 Å². The highest BCUT2D eigenvalue weighted by atomic mass is 19.4. The molecule has 1 atom stereocenters. The number of hydrogen-bond acceptors (Lipinski definition) is 5. The van der Waals surface area contributed by atoms with Gasteiger partial charge in [0.05, 0.1) is 30.1 Å². The third kappa shape index (κ3) is 5.21. The maximum Gasteiger partial charge on any atom is 0.420 e. The molecule has 0 aliphatic carbocycles. The van der Waals surface area contributed by atoms with Gasteiger partial charge in [0, 0.05) is 0 Å². The van der Waals surface area contributed by atoms with Crippen LogP contribution in [-0.4, -0.2) is 26.7 Å². The number of aromatic nitrogens is 3. The maximum absolute atomic E-state index is 13.7. The molecule has 33 heavy (non-hydrogen) atoms. The Labute approximate surface area is 188 Å². The summed E-state index contributed by atoms with van der Waals surface area (Å²) in [5.41, 5.74) is 7.97. The topological polar surface area (TPSA) is 86.2 Å². The number of benzene rings is 3. The quantitative estimate of drug-likeness (QED) is 0.429. The molecule has 4 rings (SSSR count). The van der Waals surface area contributed by atoms with Crippen LogP contribution in [0, 0.1) is 0 Å². The lowest BCUT2D eigenvalue weighted by Gasteiger charge is -2.15. The molecule has 0 saturated carbocycles. The van der Waals surface area contributed by atoms with Crippen LogP contribution >= 0.6 is 0 Å². The van der Waals surface area contributed by atoms with Crippen molar-refractivity contribution in [3.8, 4) is 22.6 Å². The number of nitrogens with zero attached hydrogens (tertiary/aromatic N) is 3. The molecule has 0 fully saturated rings. The number of hydrogen-bond donors (Lipinski definition) is 2. The number of halogens is 3. The van der Waals surface area contributed by atoms with Crippen LogP contribution in [0.25, 0.3) is 16.8 Å². The second kappa shape index (κ2) is 9.43. The van der Waals surface area contributed by atoms with Gasteiger partial charge in [-0.05, 0) is 34.9 Å². The second-order valence-electron chi connectivity index (χ2n) is 7.41. The van der Waals surface area contributed by atoms with Crippen LogP contribution in [0.2, 0.25) is 0 Å². The highest BCUT2D eigenvalue weighted by Crippen LogP contribution is 2.38. The zero-order valence-electron chi connectivity index (χ0n) is 17.4. The third-order valence-corrected chi connectivity index (χ3v) is 5.08. The van der Waals surface area contributed by atoms with Gasteiger partial charge in [-0.2, -0.15) is 13.2 Å². The van der Waals surface area contributed by atoms with E-state index in [4.69, 9.17) is 15.6 Å². The lowest BCUT2D eigenvalue weighted by atomic mass is 10.0. The smallest absolute Gasteiger partial charge is 0.420 e. The number of nitrogens with two attached hydrogens (primary N) is 1. The Balaban J connectivity index is 1.53. The van der Waals surface area contributed by atoms with Crippen molar-refractivity contribution in [1.82, 2.24) is 15.0 Å². The Bertz CT molecular complexity index is 1210. The van der Waals surface area contributed by atoms with E-state index in [0.29, 0.717) is 0 Å². The van der Waals surface area contributed by atoms with Gasteiger partial charge in [0.25, 0.3) is 0 Å². The van der Waals surface area contributed by atoms with Gasteiger partial charge in [0.1, 0.15) is 18.1 Å². The Morgan fingerprint density at radius 2 is 1.67 bits per heavy atom. The van der Waals surface area contributed by atoms with Gasteiger partial charge in [-0.15, -0.1) is 5.10 Å². The summed E-state index contributed by atoms with van der Waals surface area (Å²) in [5.74, 6) is -0.286. The van der Waals surface area contributed by atoms with E-state index in [0.717, 1.165) is 22.8 Å². The summed E-state index contributed by atoms with van der Waals surface area (Å²) in [7, 11) is 0. The van der Waals surface area contributed by atoms with E-state index in [9.17, 15) is 13.2 Å².